The monoisotopic (exact) mass is 247 g/mol. The van der Waals surface area contributed by atoms with Crippen LogP contribution in [0.1, 0.15) is 25.8 Å². The highest BCUT2D eigenvalue weighted by Gasteiger charge is 2.55. The number of nitrogens with one attached hydrogen (secondary N) is 1. The van der Waals surface area contributed by atoms with Gasteiger partial charge in [0.1, 0.15) is 5.41 Å². The van der Waals surface area contributed by atoms with E-state index in [2.05, 4.69) is 5.32 Å². The lowest BCUT2D eigenvalue weighted by Crippen LogP contribution is -2.69. The molecule has 0 saturated carbocycles. The third-order valence-corrected chi connectivity index (χ3v) is 3.49. The van der Waals surface area contributed by atoms with E-state index in [0.29, 0.717) is 12.8 Å². The van der Waals surface area contributed by atoms with Crippen LogP contribution in [0.4, 0.5) is 0 Å². The first-order valence-electron chi connectivity index (χ1n) is 6.10. The van der Waals surface area contributed by atoms with Crippen LogP contribution in [0.15, 0.2) is 30.3 Å². The fraction of sp³-hybridized carbons (Fsp3) is 0.429. The van der Waals surface area contributed by atoms with Crippen molar-refractivity contribution in [3.05, 3.63) is 35.9 Å². The molecular weight excluding hydrogens is 230 g/mol. The summed E-state index contributed by atoms with van der Waals surface area (Å²) in [4.78, 5) is 22.9. The summed E-state index contributed by atoms with van der Waals surface area (Å²) < 4.78 is 5.16. The molecule has 0 spiro atoms. The van der Waals surface area contributed by atoms with Crippen molar-refractivity contribution >= 4 is 11.9 Å². The summed E-state index contributed by atoms with van der Waals surface area (Å²) in [5.41, 5.74) is 0.457. The number of benzene rings is 1. The van der Waals surface area contributed by atoms with Gasteiger partial charge in [-0.3, -0.25) is 9.59 Å². The van der Waals surface area contributed by atoms with Crippen LogP contribution >= 0.6 is 0 Å². The van der Waals surface area contributed by atoms with Crippen LogP contribution < -0.4 is 5.32 Å². The van der Waals surface area contributed by atoms with Gasteiger partial charge in [0.25, 0.3) is 0 Å². The zero-order chi connectivity index (χ0) is 13.2. The van der Waals surface area contributed by atoms with E-state index in [-0.39, 0.29) is 11.9 Å². The van der Waals surface area contributed by atoms with Gasteiger partial charge in [-0.2, -0.15) is 0 Å². The molecule has 1 heterocycles. The van der Waals surface area contributed by atoms with Crippen LogP contribution in [-0.2, 0) is 20.7 Å². The Labute approximate surface area is 106 Å². The van der Waals surface area contributed by atoms with Gasteiger partial charge in [-0.05, 0) is 18.4 Å². The second-order valence-electron chi connectivity index (χ2n) is 4.64. The summed E-state index contributed by atoms with van der Waals surface area (Å²) in [6.07, 6.45) is 0.729. The molecule has 1 amide bonds. The lowest BCUT2D eigenvalue weighted by Gasteiger charge is -2.47. The predicted molar refractivity (Wildman–Crippen MR) is 66.6 cm³/mol. The van der Waals surface area contributed by atoms with Crippen LogP contribution in [0.5, 0.6) is 0 Å². The highest BCUT2D eigenvalue weighted by atomic mass is 16.6. The van der Waals surface area contributed by atoms with Gasteiger partial charge in [-0.15, -0.1) is 0 Å². The Kier molecular flexibility index (Phi) is 3.36. The Morgan fingerprint density at radius 2 is 2.06 bits per heavy atom. The Bertz CT molecular complexity index is 457. The minimum Gasteiger partial charge on any atom is -0.441 e. The molecule has 1 aromatic carbocycles. The standard InChI is InChI=1S/C14H17NO3/c1-3-14(9-11-7-5-4-6-8-11)12(17)15-13(14)18-10(2)16/h4-8,13H,3,9H2,1-2H3,(H,15,17)/t13?,14-/m1/s1. The Morgan fingerprint density at radius 1 is 1.39 bits per heavy atom. The first-order valence-corrected chi connectivity index (χ1v) is 6.10. The maximum absolute atomic E-state index is 11.9. The van der Waals surface area contributed by atoms with Crippen molar-refractivity contribution in [2.24, 2.45) is 5.41 Å². The van der Waals surface area contributed by atoms with E-state index in [1.54, 1.807) is 0 Å². The van der Waals surface area contributed by atoms with Gasteiger partial charge in [0, 0.05) is 6.92 Å². The van der Waals surface area contributed by atoms with E-state index >= 15 is 0 Å². The number of β-lactam (4-membered cyclic amide) rings is 1. The topological polar surface area (TPSA) is 55.4 Å². The maximum Gasteiger partial charge on any atom is 0.304 e. The van der Waals surface area contributed by atoms with Crippen molar-refractivity contribution in [2.75, 3.05) is 0 Å². The van der Waals surface area contributed by atoms with Crippen LogP contribution in [0, 0.1) is 5.41 Å². The van der Waals surface area contributed by atoms with Crippen molar-refractivity contribution in [2.45, 2.75) is 32.9 Å². The van der Waals surface area contributed by atoms with E-state index in [9.17, 15) is 9.59 Å². The number of carbonyl (C=O) groups excluding carboxylic acids is 2. The predicted octanol–water partition coefficient (Wildman–Crippen LogP) is 1.64. The van der Waals surface area contributed by atoms with E-state index < -0.39 is 11.6 Å². The van der Waals surface area contributed by atoms with Crippen LogP contribution in [0.2, 0.25) is 0 Å². The molecule has 2 atom stereocenters. The molecule has 4 heteroatoms. The molecule has 1 aliphatic heterocycles. The molecule has 0 aliphatic carbocycles. The fourth-order valence-corrected chi connectivity index (χ4v) is 2.35. The molecule has 1 fully saturated rings. The highest BCUT2D eigenvalue weighted by Crippen LogP contribution is 2.39. The molecule has 1 aromatic rings. The average molecular weight is 247 g/mol. The summed E-state index contributed by atoms with van der Waals surface area (Å²) in [5, 5.41) is 2.65. The quantitative estimate of drug-likeness (QED) is 0.650. The Hall–Kier alpha value is -1.84. The lowest BCUT2D eigenvalue weighted by atomic mass is 9.71. The summed E-state index contributed by atoms with van der Waals surface area (Å²) in [5.74, 6) is -0.411. The van der Waals surface area contributed by atoms with E-state index in [4.69, 9.17) is 4.74 Å². The van der Waals surface area contributed by atoms with Gasteiger partial charge in [0.15, 0.2) is 6.23 Å². The number of amides is 1. The molecule has 1 aliphatic rings. The molecule has 1 N–H and O–H groups in total. The second-order valence-corrected chi connectivity index (χ2v) is 4.64. The smallest absolute Gasteiger partial charge is 0.304 e. The number of ether oxygens (including phenoxy) is 1. The minimum atomic E-state index is -0.618. The van der Waals surface area contributed by atoms with Gasteiger partial charge in [0.2, 0.25) is 5.91 Å². The number of hydrogen-bond acceptors (Lipinski definition) is 3. The molecule has 0 radical (unpaired) electrons. The van der Waals surface area contributed by atoms with Crippen molar-refractivity contribution in [1.82, 2.24) is 5.32 Å². The maximum atomic E-state index is 11.9. The van der Waals surface area contributed by atoms with Crippen molar-refractivity contribution in [3.63, 3.8) is 0 Å². The molecule has 2 rings (SSSR count). The zero-order valence-corrected chi connectivity index (χ0v) is 10.6. The van der Waals surface area contributed by atoms with Crippen LogP contribution in [0.3, 0.4) is 0 Å². The number of rotatable bonds is 4. The lowest BCUT2D eigenvalue weighted by molar-refractivity contribution is -0.182. The third-order valence-electron chi connectivity index (χ3n) is 3.49. The van der Waals surface area contributed by atoms with Crippen molar-refractivity contribution in [1.29, 1.82) is 0 Å². The molecule has 0 bridgehead atoms. The molecule has 1 unspecified atom stereocenters. The van der Waals surface area contributed by atoms with E-state index in [0.717, 1.165) is 5.56 Å². The van der Waals surface area contributed by atoms with Crippen molar-refractivity contribution < 1.29 is 14.3 Å². The van der Waals surface area contributed by atoms with E-state index in [1.165, 1.54) is 6.92 Å². The third kappa shape index (κ3) is 2.10. The zero-order valence-electron chi connectivity index (χ0n) is 10.6. The Balaban J connectivity index is 2.18. The molecular formula is C14H17NO3. The van der Waals surface area contributed by atoms with Gasteiger partial charge in [0.05, 0.1) is 0 Å². The van der Waals surface area contributed by atoms with Gasteiger partial charge < -0.3 is 10.1 Å². The molecule has 1 saturated heterocycles. The number of esters is 1. The summed E-state index contributed by atoms with van der Waals surface area (Å²) in [6, 6.07) is 9.78. The second kappa shape index (κ2) is 4.80. The SMILES string of the molecule is CC[C@@]1(Cc2ccccc2)C(=O)NC1OC(C)=O. The summed E-state index contributed by atoms with van der Waals surface area (Å²) in [6.45, 7) is 3.30. The molecule has 4 nitrogen and oxygen atoms in total. The normalized spacial score (nSPS) is 26.1. The number of carbonyl (C=O) groups is 2. The molecule has 0 aromatic heterocycles. The van der Waals surface area contributed by atoms with Crippen LogP contribution in [-0.4, -0.2) is 18.1 Å². The van der Waals surface area contributed by atoms with Gasteiger partial charge in [-0.1, -0.05) is 37.3 Å². The first kappa shape index (κ1) is 12.6. The van der Waals surface area contributed by atoms with Gasteiger partial charge >= 0.3 is 5.97 Å². The van der Waals surface area contributed by atoms with Crippen LogP contribution in [0.25, 0.3) is 0 Å². The fourth-order valence-electron chi connectivity index (χ4n) is 2.35. The van der Waals surface area contributed by atoms with Gasteiger partial charge in [-0.25, -0.2) is 0 Å². The van der Waals surface area contributed by atoms with E-state index in [1.807, 2.05) is 37.3 Å². The minimum absolute atomic E-state index is 0.0416. The first-order chi connectivity index (χ1) is 8.58. The summed E-state index contributed by atoms with van der Waals surface area (Å²) in [7, 11) is 0. The van der Waals surface area contributed by atoms with Crippen molar-refractivity contribution in [3.8, 4) is 0 Å². The number of hydrogen-bond donors (Lipinski definition) is 1. The Morgan fingerprint density at radius 3 is 2.56 bits per heavy atom. The largest absolute Gasteiger partial charge is 0.441 e. The molecule has 96 valence electrons. The molecule has 18 heavy (non-hydrogen) atoms. The summed E-state index contributed by atoms with van der Waals surface area (Å²) >= 11 is 0. The highest BCUT2D eigenvalue weighted by molar-refractivity contribution is 5.90. The average Bonchev–Trinajstić information content (AvgIpc) is 2.36.